The number of nitrogens with zero attached hydrogens (tertiary/aromatic N) is 3. The zero-order chi connectivity index (χ0) is 11.6. The van der Waals surface area contributed by atoms with Crippen LogP contribution < -0.4 is 0 Å². The first-order valence-corrected chi connectivity index (χ1v) is 4.54. The maximum atomic E-state index is 12.5. The number of halogens is 3. The van der Waals surface area contributed by atoms with Gasteiger partial charge in [-0.25, -0.2) is 0 Å². The molecule has 0 aliphatic carbocycles. The summed E-state index contributed by atoms with van der Waals surface area (Å²) in [6, 6.07) is 0. The molecule has 0 atom stereocenters. The van der Waals surface area contributed by atoms with E-state index in [4.69, 9.17) is 0 Å². The largest absolute Gasteiger partial charge is 0.451 e. The summed E-state index contributed by atoms with van der Waals surface area (Å²) in [7, 11) is 0. The molecule has 1 rings (SSSR count). The third-order valence-corrected chi connectivity index (χ3v) is 1.83. The van der Waals surface area contributed by atoms with Gasteiger partial charge in [0.25, 0.3) is 0 Å². The molecule has 0 aliphatic rings. The van der Waals surface area contributed by atoms with Crippen molar-refractivity contribution in [2.75, 3.05) is 0 Å². The van der Waals surface area contributed by atoms with Crippen LogP contribution in [-0.2, 0) is 12.7 Å². The first kappa shape index (κ1) is 11.7. The molecule has 1 aromatic heterocycles. The highest BCUT2D eigenvalue weighted by atomic mass is 19.4. The Balaban J connectivity index is 3.24. The molecule has 1 aromatic rings. The van der Waals surface area contributed by atoms with Gasteiger partial charge in [0.05, 0.1) is 0 Å². The van der Waals surface area contributed by atoms with Crippen LogP contribution >= 0.6 is 0 Å². The van der Waals surface area contributed by atoms with Crippen LogP contribution in [0.4, 0.5) is 13.2 Å². The van der Waals surface area contributed by atoms with Gasteiger partial charge in [0.15, 0.2) is 5.82 Å². The maximum Gasteiger partial charge on any atom is 0.451 e. The molecule has 3 nitrogen and oxygen atoms in total. The lowest BCUT2D eigenvalue weighted by Crippen LogP contribution is -2.16. The van der Waals surface area contributed by atoms with Crippen molar-refractivity contribution in [2.24, 2.45) is 0 Å². The van der Waals surface area contributed by atoms with Crippen LogP contribution in [0, 0.1) is 0 Å². The second-order valence-corrected chi connectivity index (χ2v) is 3.28. The van der Waals surface area contributed by atoms with Crippen molar-refractivity contribution in [3.05, 3.63) is 18.2 Å². The van der Waals surface area contributed by atoms with E-state index in [9.17, 15) is 13.2 Å². The minimum absolute atomic E-state index is 0.198. The van der Waals surface area contributed by atoms with Gasteiger partial charge in [0, 0.05) is 6.54 Å². The molecule has 1 heterocycles. The Kier molecular flexibility index (Phi) is 3.16. The molecule has 15 heavy (non-hydrogen) atoms. The van der Waals surface area contributed by atoms with E-state index < -0.39 is 12.0 Å². The standard InChI is InChI=1S/C9H12F3N3/c1-4-5-15-7(6(2)3)13-14-8(15)9(10,11)12/h2,4-5H2,1,3H3. The van der Waals surface area contributed by atoms with Crippen LogP contribution in [0.3, 0.4) is 0 Å². The van der Waals surface area contributed by atoms with Gasteiger partial charge in [-0.15, -0.1) is 10.2 Å². The van der Waals surface area contributed by atoms with E-state index in [0.717, 1.165) is 4.57 Å². The molecule has 0 saturated heterocycles. The topological polar surface area (TPSA) is 30.7 Å². The average molecular weight is 219 g/mol. The summed E-state index contributed by atoms with van der Waals surface area (Å²) in [4.78, 5) is 0. The summed E-state index contributed by atoms with van der Waals surface area (Å²) in [6.07, 6.45) is -3.88. The minimum Gasteiger partial charge on any atom is -0.304 e. The Hall–Kier alpha value is -1.33. The molecule has 0 fully saturated rings. The van der Waals surface area contributed by atoms with Crippen molar-refractivity contribution in [3.63, 3.8) is 0 Å². The summed E-state index contributed by atoms with van der Waals surface area (Å²) in [5.74, 6) is -0.758. The van der Waals surface area contributed by atoms with Gasteiger partial charge in [-0.05, 0) is 18.9 Å². The normalized spacial score (nSPS) is 11.8. The molecule has 0 N–H and O–H groups in total. The van der Waals surface area contributed by atoms with Crippen molar-refractivity contribution >= 4 is 5.57 Å². The highest BCUT2D eigenvalue weighted by molar-refractivity contribution is 5.54. The predicted octanol–water partition coefficient (Wildman–Crippen LogP) is 2.74. The molecule has 0 saturated carbocycles. The van der Waals surface area contributed by atoms with Gasteiger partial charge in [-0.1, -0.05) is 13.5 Å². The van der Waals surface area contributed by atoms with Gasteiger partial charge >= 0.3 is 6.18 Å². The molecule has 0 bridgehead atoms. The summed E-state index contributed by atoms with van der Waals surface area (Å²) in [6.45, 7) is 7.21. The first-order chi connectivity index (χ1) is 6.88. The third-order valence-electron chi connectivity index (χ3n) is 1.83. The first-order valence-electron chi connectivity index (χ1n) is 4.54. The van der Waals surface area contributed by atoms with E-state index in [1.807, 2.05) is 0 Å². The fourth-order valence-corrected chi connectivity index (χ4v) is 1.26. The fraction of sp³-hybridized carbons (Fsp3) is 0.556. The molecule has 0 aliphatic heterocycles. The van der Waals surface area contributed by atoms with E-state index in [-0.39, 0.29) is 12.4 Å². The molecule has 0 spiro atoms. The van der Waals surface area contributed by atoms with Crippen LogP contribution in [0.5, 0.6) is 0 Å². The van der Waals surface area contributed by atoms with Gasteiger partial charge in [0.2, 0.25) is 5.82 Å². The quantitative estimate of drug-likeness (QED) is 0.782. The zero-order valence-corrected chi connectivity index (χ0v) is 8.60. The summed E-state index contributed by atoms with van der Waals surface area (Å²) >= 11 is 0. The van der Waals surface area contributed by atoms with Crippen LogP contribution in [0.15, 0.2) is 6.58 Å². The molecule has 0 radical (unpaired) electrons. The fourth-order valence-electron chi connectivity index (χ4n) is 1.26. The van der Waals surface area contributed by atoms with Crippen LogP contribution in [0.2, 0.25) is 0 Å². The number of hydrogen-bond acceptors (Lipinski definition) is 2. The summed E-state index contributed by atoms with van der Waals surface area (Å²) < 4.78 is 38.5. The number of hydrogen-bond donors (Lipinski definition) is 0. The second-order valence-electron chi connectivity index (χ2n) is 3.28. The van der Waals surface area contributed by atoms with Crippen LogP contribution in [0.1, 0.15) is 31.9 Å². The highest BCUT2D eigenvalue weighted by Crippen LogP contribution is 2.29. The number of allylic oxidation sites excluding steroid dienone is 1. The maximum absolute atomic E-state index is 12.5. The van der Waals surface area contributed by atoms with E-state index in [1.165, 1.54) is 0 Å². The van der Waals surface area contributed by atoms with Crippen LogP contribution in [-0.4, -0.2) is 14.8 Å². The summed E-state index contributed by atoms with van der Waals surface area (Å²) in [5.41, 5.74) is 0.478. The molecule has 0 amide bonds. The van der Waals surface area contributed by atoms with Crippen LogP contribution in [0.25, 0.3) is 5.57 Å². The van der Waals surface area contributed by atoms with E-state index in [0.29, 0.717) is 12.0 Å². The molecular weight excluding hydrogens is 207 g/mol. The Labute approximate surface area is 85.6 Å². The Morgan fingerprint density at radius 3 is 2.40 bits per heavy atom. The molecule has 6 heteroatoms. The Morgan fingerprint density at radius 2 is 2.00 bits per heavy atom. The monoisotopic (exact) mass is 219 g/mol. The lowest BCUT2D eigenvalue weighted by atomic mass is 10.3. The van der Waals surface area contributed by atoms with Gasteiger partial charge in [-0.3, -0.25) is 0 Å². The van der Waals surface area contributed by atoms with E-state index in [2.05, 4.69) is 16.8 Å². The zero-order valence-electron chi connectivity index (χ0n) is 8.60. The van der Waals surface area contributed by atoms with Gasteiger partial charge < -0.3 is 4.57 Å². The number of aromatic nitrogens is 3. The average Bonchev–Trinajstić information content (AvgIpc) is 2.47. The number of alkyl halides is 3. The van der Waals surface area contributed by atoms with E-state index >= 15 is 0 Å². The molecular formula is C9H12F3N3. The lowest BCUT2D eigenvalue weighted by Gasteiger charge is -2.10. The summed E-state index contributed by atoms with van der Waals surface area (Å²) in [5, 5.41) is 6.65. The molecule has 84 valence electrons. The smallest absolute Gasteiger partial charge is 0.304 e. The second kappa shape index (κ2) is 4.04. The Bertz CT molecular complexity index is 365. The molecule has 0 unspecified atom stereocenters. The molecule has 0 aromatic carbocycles. The predicted molar refractivity (Wildman–Crippen MR) is 50.0 cm³/mol. The van der Waals surface area contributed by atoms with Crippen molar-refractivity contribution in [1.29, 1.82) is 0 Å². The Morgan fingerprint density at radius 1 is 1.40 bits per heavy atom. The van der Waals surface area contributed by atoms with Gasteiger partial charge in [-0.2, -0.15) is 13.2 Å². The van der Waals surface area contributed by atoms with Gasteiger partial charge in [0.1, 0.15) is 0 Å². The lowest BCUT2D eigenvalue weighted by molar-refractivity contribution is -0.147. The highest BCUT2D eigenvalue weighted by Gasteiger charge is 2.38. The number of rotatable bonds is 3. The van der Waals surface area contributed by atoms with Crippen molar-refractivity contribution in [3.8, 4) is 0 Å². The third kappa shape index (κ3) is 2.37. The minimum atomic E-state index is -4.46. The van der Waals surface area contributed by atoms with Crippen molar-refractivity contribution < 1.29 is 13.2 Å². The van der Waals surface area contributed by atoms with E-state index in [1.54, 1.807) is 13.8 Å². The van der Waals surface area contributed by atoms with Crippen molar-refractivity contribution in [1.82, 2.24) is 14.8 Å². The SMILES string of the molecule is C=C(C)c1nnc(C(F)(F)F)n1CCC. The van der Waals surface area contributed by atoms with Crippen molar-refractivity contribution in [2.45, 2.75) is 33.0 Å².